The number of hydrogen-bond donors (Lipinski definition) is 1. The van der Waals surface area contributed by atoms with Crippen LogP contribution in [0.5, 0.6) is 0 Å². The molecule has 1 atom stereocenters. The lowest BCUT2D eigenvalue weighted by atomic mass is 10.0. The second kappa shape index (κ2) is 4.23. The van der Waals surface area contributed by atoms with Crippen molar-refractivity contribution in [3.8, 4) is 0 Å². The van der Waals surface area contributed by atoms with Crippen molar-refractivity contribution in [2.45, 2.75) is 13.0 Å². The molecular weight excluding hydrogens is 226 g/mol. The molecule has 1 unspecified atom stereocenters. The van der Waals surface area contributed by atoms with E-state index in [-0.39, 0.29) is 0 Å². The minimum absolute atomic E-state index is 0.658. The summed E-state index contributed by atoms with van der Waals surface area (Å²) in [6.07, 6.45) is 0.830. The molecule has 0 aliphatic carbocycles. The van der Waals surface area contributed by atoms with Crippen LogP contribution in [0, 0.1) is 6.92 Å². The van der Waals surface area contributed by atoms with E-state index in [9.17, 15) is 5.11 Å². The van der Waals surface area contributed by atoms with Crippen LogP contribution < -0.4 is 0 Å². The molecule has 4 nitrogen and oxygen atoms in total. The highest BCUT2D eigenvalue weighted by Crippen LogP contribution is 2.25. The van der Waals surface area contributed by atoms with Crippen LogP contribution in [0.1, 0.15) is 22.9 Å². The van der Waals surface area contributed by atoms with Gasteiger partial charge in [-0.1, -0.05) is 22.9 Å². The van der Waals surface area contributed by atoms with Crippen LogP contribution in [-0.4, -0.2) is 20.1 Å². The number of aromatic nitrogens is 3. The highest BCUT2D eigenvalue weighted by Gasteiger charge is 2.16. The van der Waals surface area contributed by atoms with Gasteiger partial charge in [-0.3, -0.25) is 0 Å². The highest BCUT2D eigenvalue weighted by molar-refractivity contribution is 6.30. The Hall–Kier alpha value is -1.39. The summed E-state index contributed by atoms with van der Waals surface area (Å²) in [5.74, 6) is 0. The van der Waals surface area contributed by atoms with E-state index >= 15 is 0 Å². The maximum absolute atomic E-state index is 10.2. The molecule has 16 heavy (non-hydrogen) atoms. The number of halogens is 1. The number of aryl methyl sites for hydroxylation is 2. The molecule has 2 rings (SSSR count). The van der Waals surface area contributed by atoms with Crippen molar-refractivity contribution < 1.29 is 5.11 Å². The van der Waals surface area contributed by atoms with Gasteiger partial charge in [-0.15, -0.1) is 5.10 Å². The third-order valence-corrected chi connectivity index (χ3v) is 2.79. The molecule has 2 aromatic rings. The molecule has 1 aromatic heterocycles. The van der Waals surface area contributed by atoms with E-state index in [4.69, 9.17) is 11.6 Å². The number of hydrogen-bond acceptors (Lipinski definition) is 3. The highest BCUT2D eigenvalue weighted by atomic mass is 35.5. The Labute approximate surface area is 98.5 Å². The standard InChI is InChI=1S/C11H12ClN3O/c1-7-5-8(12)3-4-9(7)11(16)10-6-13-14-15(10)2/h3-6,11,16H,1-2H3. The Morgan fingerprint density at radius 3 is 2.75 bits per heavy atom. The first-order chi connectivity index (χ1) is 7.59. The molecule has 0 fully saturated rings. The van der Waals surface area contributed by atoms with Crippen LogP contribution in [-0.2, 0) is 7.05 Å². The zero-order valence-electron chi connectivity index (χ0n) is 9.05. The minimum Gasteiger partial charge on any atom is -0.382 e. The average Bonchev–Trinajstić information content (AvgIpc) is 2.63. The smallest absolute Gasteiger partial charge is 0.123 e. The second-order valence-corrected chi connectivity index (χ2v) is 4.12. The maximum atomic E-state index is 10.2. The van der Waals surface area contributed by atoms with Gasteiger partial charge >= 0.3 is 0 Å². The first-order valence-electron chi connectivity index (χ1n) is 4.88. The van der Waals surface area contributed by atoms with Gasteiger partial charge in [0, 0.05) is 12.1 Å². The number of aliphatic hydroxyl groups is 1. The first-order valence-corrected chi connectivity index (χ1v) is 5.26. The third-order valence-electron chi connectivity index (χ3n) is 2.56. The van der Waals surface area contributed by atoms with E-state index in [0.717, 1.165) is 11.1 Å². The molecule has 0 spiro atoms. The van der Waals surface area contributed by atoms with Crippen LogP contribution in [0.2, 0.25) is 5.02 Å². The van der Waals surface area contributed by atoms with E-state index in [0.29, 0.717) is 10.7 Å². The third kappa shape index (κ3) is 1.94. The molecule has 0 aliphatic rings. The zero-order valence-corrected chi connectivity index (χ0v) is 9.81. The Morgan fingerprint density at radius 2 is 2.19 bits per heavy atom. The van der Waals surface area contributed by atoms with E-state index in [1.165, 1.54) is 0 Å². The van der Waals surface area contributed by atoms with Crippen molar-refractivity contribution in [3.05, 3.63) is 46.2 Å². The topological polar surface area (TPSA) is 50.9 Å². The minimum atomic E-state index is -0.725. The lowest BCUT2D eigenvalue weighted by molar-refractivity contribution is 0.209. The number of rotatable bonds is 2. The van der Waals surface area contributed by atoms with E-state index < -0.39 is 6.10 Å². The largest absolute Gasteiger partial charge is 0.382 e. The fourth-order valence-electron chi connectivity index (χ4n) is 1.65. The lowest BCUT2D eigenvalue weighted by Gasteiger charge is -2.13. The number of benzene rings is 1. The molecule has 1 N–H and O–H groups in total. The molecular formula is C11H12ClN3O. The Kier molecular flexibility index (Phi) is 2.94. The zero-order chi connectivity index (χ0) is 11.7. The van der Waals surface area contributed by atoms with E-state index in [1.54, 1.807) is 24.0 Å². The van der Waals surface area contributed by atoms with Crippen LogP contribution in [0.3, 0.4) is 0 Å². The summed E-state index contributed by atoms with van der Waals surface area (Å²) in [4.78, 5) is 0. The summed E-state index contributed by atoms with van der Waals surface area (Å²) >= 11 is 5.87. The molecule has 0 radical (unpaired) electrons. The summed E-state index contributed by atoms with van der Waals surface area (Å²) < 4.78 is 1.55. The van der Waals surface area contributed by atoms with Gasteiger partial charge in [0.1, 0.15) is 6.10 Å². The Morgan fingerprint density at radius 1 is 1.44 bits per heavy atom. The summed E-state index contributed by atoms with van der Waals surface area (Å²) in [6.45, 7) is 1.91. The summed E-state index contributed by atoms with van der Waals surface area (Å²) in [5, 5.41) is 18.4. The summed E-state index contributed by atoms with van der Waals surface area (Å²) in [5.41, 5.74) is 2.42. The predicted octanol–water partition coefficient (Wildman–Crippen LogP) is 1.86. The second-order valence-electron chi connectivity index (χ2n) is 3.69. The normalized spacial score (nSPS) is 12.8. The molecule has 84 valence electrons. The van der Waals surface area contributed by atoms with Crippen LogP contribution in [0.4, 0.5) is 0 Å². The average molecular weight is 238 g/mol. The number of nitrogens with zero attached hydrogens (tertiary/aromatic N) is 3. The van der Waals surface area contributed by atoms with Gasteiger partial charge in [0.25, 0.3) is 0 Å². The first kappa shape index (κ1) is 11.1. The van der Waals surface area contributed by atoms with E-state index in [2.05, 4.69) is 10.3 Å². The van der Waals surface area contributed by atoms with Crippen molar-refractivity contribution in [2.24, 2.45) is 7.05 Å². The molecule has 0 saturated carbocycles. The Balaban J connectivity index is 2.41. The summed E-state index contributed by atoms with van der Waals surface area (Å²) in [7, 11) is 1.75. The molecule has 0 aliphatic heterocycles. The van der Waals surface area contributed by atoms with Gasteiger partial charge in [0.05, 0.1) is 11.9 Å². The van der Waals surface area contributed by atoms with Gasteiger partial charge < -0.3 is 5.11 Å². The fourth-order valence-corrected chi connectivity index (χ4v) is 1.88. The van der Waals surface area contributed by atoms with Gasteiger partial charge in [-0.25, -0.2) is 4.68 Å². The van der Waals surface area contributed by atoms with Crippen molar-refractivity contribution >= 4 is 11.6 Å². The van der Waals surface area contributed by atoms with Gasteiger partial charge in [-0.2, -0.15) is 0 Å². The van der Waals surface area contributed by atoms with Gasteiger partial charge in [0.15, 0.2) is 0 Å². The maximum Gasteiger partial charge on any atom is 0.123 e. The molecule has 1 aromatic carbocycles. The Bertz CT molecular complexity index is 510. The van der Waals surface area contributed by atoms with Crippen LogP contribution in [0.15, 0.2) is 24.4 Å². The van der Waals surface area contributed by atoms with Crippen molar-refractivity contribution in [2.75, 3.05) is 0 Å². The van der Waals surface area contributed by atoms with Gasteiger partial charge in [-0.05, 0) is 30.2 Å². The lowest BCUT2D eigenvalue weighted by Crippen LogP contribution is -2.07. The summed E-state index contributed by atoms with van der Waals surface area (Å²) in [6, 6.07) is 5.40. The fraction of sp³-hybridized carbons (Fsp3) is 0.273. The molecule has 1 heterocycles. The van der Waals surface area contributed by atoms with Crippen LogP contribution >= 0.6 is 11.6 Å². The van der Waals surface area contributed by atoms with Crippen molar-refractivity contribution in [1.82, 2.24) is 15.0 Å². The van der Waals surface area contributed by atoms with Crippen molar-refractivity contribution in [1.29, 1.82) is 0 Å². The van der Waals surface area contributed by atoms with Gasteiger partial charge in [0.2, 0.25) is 0 Å². The number of aliphatic hydroxyl groups excluding tert-OH is 1. The van der Waals surface area contributed by atoms with Crippen molar-refractivity contribution in [3.63, 3.8) is 0 Å². The monoisotopic (exact) mass is 237 g/mol. The van der Waals surface area contributed by atoms with Crippen LogP contribution in [0.25, 0.3) is 0 Å². The molecule has 0 bridgehead atoms. The van der Waals surface area contributed by atoms with E-state index in [1.807, 2.05) is 19.1 Å². The SMILES string of the molecule is Cc1cc(Cl)ccc1C(O)c1cnnn1C. The molecule has 5 heteroatoms. The predicted molar refractivity (Wildman–Crippen MR) is 61.3 cm³/mol. The molecule has 0 saturated heterocycles. The quantitative estimate of drug-likeness (QED) is 0.868. The molecule has 0 amide bonds.